The predicted octanol–water partition coefficient (Wildman–Crippen LogP) is -2.53. The van der Waals surface area contributed by atoms with Gasteiger partial charge in [0.15, 0.2) is 0 Å². The maximum Gasteiger partial charge on any atom is 2.00 e. The van der Waals surface area contributed by atoms with Crippen LogP contribution in [0.4, 0.5) is 0 Å². The molecular weight excluding hydrogens is 423 g/mol. The van der Waals surface area contributed by atoms with Crippen molar-refractivity contribution in [3.05, 3.63) is 0 Å². The van der Waals surface area contributed by atoms with Crippen LogP contribution in [0.5, 0.6) is 0 Å². The zero-order valence-electron chi connectivity index (χ0n) is 8.92. The van der Waals surface area contributed by atoms with E-state index >= 15 is 0 Å². The van der Waals surface area contributed by atoms with Crippen LogP contribution < -0.4 is 11.5 Å². The Morgan fingerprint density at radius 2 is 1.56 bits per heavy atom. The van der Waals surface area contributed by atoms with Crippen molar-refractivity contribution >= 4 is 10.4 Å². The molecule has 1 unspecified atom stereocenters. The maximum absolute atomic E-state index is 8.52. The van der Waals surface area contributed by atoms with Crippen molar-refractivity contribution in [2.24, 2.45) is 11.5 Å². The number of unbranched alkanes of at least 4 members (excludes halogenated alkanes) is 1. The fourth-order valence-corrected chi connectivity index (χ4v) is 0.584. The molecule has 0 aliphatic rings. The Bertz CT molecular complexity index is 193. The van der Waals surface area contributed by atoms with Gasteiger partial charge in [-0.3, -0.25) is 8.42 Å². The Balaban J connectivity index is -0.0000000454. The summed E-state index contributed by atoms with van der Waals surface area (Å²) in [5.41, 5.74) is 10.8. The summed E-state index contributed by atoms with van der Waals surface area (Å²) in [6.45, 7) is 2.78. The minimum absolute atomic E-state index is 0. The average molecular weight is 443 g/mol. The van der Waals surface area contributed by atoms with Crippen LogP contribution in [0, 0.1) is 0 Å². The van der Waals surface area contributed by atoms with Crippen LogP contribution in [-0.4, -0.2) is 41.1 Å². The van der Waals surface area contributed by atoms with Crippen LogP contribution >= 0.6 is 0 Å². The van der Waals surface area contributed by atoms with Gasteiger partial charge in [-0.2, -0.15) is 0 Å². The molecule has 0 rings (SSSR count). The molecule has 0 aromatic rings. The molecule has 0 aliphatic heterocycles. The van der Waals surface area contributed by atoms with Crippen molar-refractivity contribution in [2.75, 3.05) is 6.54 Å². The fourth-order valence-electron chi connectivity index (χ4n) is 0.584. The second kappa shape index (κ2) is 17.8. The van der Waals surface area contributed by atoms with Crippen molar-refractivity contribution in [2.45, 2.75) is 32.2 Å². The van der Waals surface area contributed by atoms with Gasteiger partial charge < -0.3 is 31.5 Å². The third kappa shape index (κ3) is 63.1. The molecule has 0 aliphatic carbocycles. The van der Waals surface area contributed by atoms with Crippen molar-refractivity contribution < 1.29 is 49.5 Å². The first-order valence-corrected chi connectivity index (χ1v) is 5.27. The van der Waals surface area contributed by atoms with Crippen LogP contribution in [0.2, 0.25) is 0 Å². The molecule has 0 bridgehead atoms. The van der Waals surface area contributed by atoms with Crippen molar-refractivity contribution in [3.8, 4) is 0 Å². The van der Waals surface area contributed by atoms with Crippen LogP contribution in [0.15, 0.2) is 0 Å². The van der Waals surface area contributed by atoms with Gasteiger partial charge in [0, 0.05) is 23.0 Å². The summed E-state index contributed by atoms with van der Waals surface area (Å²) in [5.74, 6) is 0. The molecule has 16 heavy (non-hydrogen) atoms. The monoisotopic (exact) mass is 443 g/mol. The van der Waals surface area contributed by atoms with E-state index in [2.05, 4.69) is 6.92 Å². The second-order valence-corrected chi connectivity index (χ2v) is 3.36. The SMILES string of the molecule is CCCCC(N)CN.O.O.O=S(=O)([O-])[O-].[Pt+2]. The normalized spacial score (nSPS) is 10.6. The molecule has 0 saturated heterocycles. The molecule has 1 atom stereocenters. The van der Waals surface area contributed by atoms with Gasteiger partial charge in [-0.1, -0.05) is 19.8 Å². The Morgan fingerprint density at radius 3 is 1.75 bits per heavy atom. The van der Waals surface area contributed by atoms with E-state index in [1.54, 1.807) is 0 Å². The first-order valence-electron chi connectivity index (χ1n) is 3.93. The molecule has 8 nitrogen and oxygen atoms in total. The fraction of sp³-hybridized carbons (Fsp3) is 1.00. The van der Waals surface area contributed by atoms with Crippen molar-refractivity contribution in [1.29, 1.82) is 0 Å². The summed E-state index contributed by atoms with van der Waals surface area (Å²) >= 11 is 0. The average Bonchev–Trinajstić information content (AvgIpc) is 1.97. The van der Waals surface area contributed by atoms with E-state index in [9.17, 15) is 0 Å². The predicted molar refractivity (Wildman–Crippen MR) is 54.3 cm³/mol. The third-order valence-corrected chi connectivity index (χ3v) is 1.23. The Hall–Kier alpha value is 0.398. The second-order valence-electron chi connectivity index (χ2n) is 2.55. The molecule has 106 valence electrons. The Morgan fingerprint density at radius 1 is 1.25 bits per heavy atom. The zero-order valence-corrected chi connectivity index (χ0v) is 12.0. The van der Waals surface area contributed by atoms with E-state index in [1.807, 2.05) is 0 Å². The summed E-state index contributed by atoms with van der Waals surface area (Å²) in [6.07, 6.45) is 3.50. The number of rotatable bonds is 4. The van der Waals surface area contributed by atoms with Crippen molar-refractivity contribution in [1.82, 2.24) is 0 Å². The van der Waals surface area contributed by atoms with Crippen molar-refractivity contribution in [3.63, 3.8) is 0 Å². The number of nitrogens with two attached hydrogens (primary N) is 2. The largest absolute Gasteiger partial charge is 2.00 e. The van der Waals surface area contributed by atoms with E-state index in [1.165, 1.54) is 12.8 Å². The van der Waals surface area contributed by atoms with Gasteiger partial charge in [0.05, 0.1) is 0 Å². The summed E-state index contributed by atoms with van der Waals surface area (Å²) in [6, 6.07) is 0.231. The smallest absolute Gasteiger partial charge is 0.759 e. The molecule has 0 saturated carbocycles. The van der Waals surface area contributed by atoms with Gasteiger partial charge in [-0.25, -0.2) is 0 Å². The van der Waals surface area contributed by atoms with Crippen LogP contribution in [0.3, 0.4) is 0 Å². The molecule has 0 aromatic carbocycles. The van der Waals surface area contributed by atoms with Gasteiger partial charge in [0.2, 0.25) is 0 Å². The minimum atomic E-state index is -5.17. The minimum Gasteiger partial charge on any atom is -0.759 e. The molecule has 0 amide bonds. The molecule has 0 fully saturated rings. The molecule has 0 radical (unpaired) electrons. The Kier molecular flexibility index (Phi) is 33.3. The van der Waals surface area contributed by atoms with Crippen LogP contribution in [0.25, 0.3) is 0 Å². The number of hydrogen-bond acceptors (Lipinski definition) is 6. The van der Waals surface area contributed by atoms with E-state index in [0.717, 1.165) is 6.42 Å². The standard InChI is InChI=1S/C6H16N2.H2O4S.2H2O.Pt/c1-2-3-4-6(8)5-7;1-5(2,3)4;;;/h6H,2-5,7-8H2,1H3;(H2,1,2,3,4);2*1H2;/q;;;;+2/p-2. The summed E-state index contributed by atoms with van der Waals surface area (Å²) in [4.78, 5) is 0. The Labute approximate surface area is 110 Å². The maximum atomic E-state index is 8.52. The zero-order chi connectivity index (χ0) is 10.9. The molecule has 10 heteroatoms. The van der Waals surface area contributed by atoms with Gasteiger partial charge >= 0.3 is 21.1 Å². The molecule has 0 heterocycles. The van der Waals surface area contributed by atoms with Crippen LogP contribution in [0.1, 0.15) is 26.2 Å². The topological polar surface area (TPSA) is 195 Å². The quantitative estimate of drug-likeness (QED) is 0.355. The van der Waals surface area contributed by atoms with E-state index in [0.29, 0.717) is 6.54 Å². The van der Waals surface area contributed by atoms with Gasteiger partial charge in [0.25, 0.3) is 0 Å². The first-order chi connectivity index (χ1) is 5.81. The van der Waals surface area contributed by atoms with Gasteiger partial charge in [-0.05, 0) is 6.42 Å². The molecule has 8 N–H and O–H groups in total. The number of hydrogen-bond donors (Lipinski definition) is 2. The van der Waals surface area contributed by atoms with Crippen LogP contribution in [-0.2, 0) is 31.5 Å². The summed E-state index contributed by atoms with van der Waals surface area (Å²) in [7, 11) is -5.17. The van der Waals surface area contributed by atoms with Gasteiger partial charge in [0.1, 0.15) is 0 Å². The summed E-state index contributed by atoms with van der Waals surface area (Å²) < 4.78 is 34.1. The molecular formula is C6H20N2O6PtS. The third-order valence-electron chi connectivity index (χ3n) is 1.23. The molecule has 0 spiro atoms. The molecule has 0 aromatic heterocycles. The van der Waals surface area contributed by atoms with E-state index < -0.39 is 10.4 Å². The van der Waals surface area contributed by atoms with Gasteiger partial charge in [-0.15, -0.1) is 0 Å². The van der Waals surface area contributed by atoms with E-state index in [-0.39, 0.29) is 38.1 Å². The first kappa shape index (κ1) is 29.9. The van der Waals surface area contributed by atoms with E-state index in [4.69, 9.17) is 29.0 Å². The summed E-state index contributed by atoms with van der Waals surface area (Å²) in [5, 5.41) is 0.